The molecule has 1 heterocycles. The van der Waals surface area contributed by atoms with Gasteiger partial charge in [-0.3, -0.25) is 0 Å². The molecule has 0 saturated carbocycles. The van der Waals surface area contributed by atoms with E-state index in [9.17, 15) is 4.39 Å². The fourth-order valence-corrected chi connectivity index (χ4v) is 1.86. The van der Waals surface area contributed by atoms with Crippen LogP contribution in [0.4, 0.5) is 4.39 Å². The Hall–Kier alpha value is -0.890. The summed E-state index contributed by atoms with van der Waals surface area (Å²) in [5.41, 5.74) is 1.08. The molecular formula is C11H14FN. The largest absolute Gasteiger partial charge is 0.310 e. The average molecular weight is 179 g/mol. The summed E-state index contributed by atoms with van der Waals surface area (Å²) in [5.74, 6) is -0.134. The number of piperidine rings is 1. The lowest BCUT2D eigenvalue weighted by molar-refractivity contribution is 0.411. The second-order valence-electron chi connectivity index (χ2n) is 3.56. The number of hydrogen-bond donors (Lipinski definition) is 1. The molecule has 1 saturated heterocycles. The molecule has 13 heavy (non-hydrogen) atoms. The van der Waals surface area contributed by atoms with Crippen molar-refractivity contribution in [1.82, 2.24) is 5.32 Å². The highest BCUT2D eigenvalue weighted by Crippen LogP contribution is 2.22. The van der Waals surface area contributed by atoms with E-state index in [4.69, 9.17) is 0 Å². The van der Waals surface area contributed by atoms with Gasteiger partial charge in [0, 0.05) is 6.04 Å². The quantitative estimate of drug-likeness (QED) is 0.698. The molecule has 1 nitrogen and oxygen atoms in total. The van der Waals surface area contributed by atoms with Crippen molar-refractivity contribution in [2.75, 3.05) is 6.54 Å². The number of nitrogens with one attached hydrogen (secondary N) is 1. The third-order valence-corrected chi connectivity index (χ3v) is 2.56. The van der Waals surface area contributed by atoms with Crippen molar-refractivity contribution in [2.24, 2.45) is 0 Å². The summed E-state index contributed by atoms with van der Waals surface area (Å²) in [4.78, 5) is 0. The summed E-state index contributed by atoms with van der Waals surface area (Å²) in [6.45, 7) is 1.06. The number of hydrogen-bond acceptors (Lipinski definition) is 1. The minimum absolute atomic E-state index is 0.134. The van der Waals surface area contributed by atoms with E-state index in [-0.39, 0.29) is 5.82 Å². The first-order valence-electron chi connectivity index (χ1n) is 4.85. The van der Waals surface area contributed by atoms with Gasteiger partial charge < -0.3 is 5.32 Å². The highest BCUT2D eigenvalue weighted by atomic mass is 19.1. The average Bonchev–Trinajstić information content (AvgIpc) is 2.19. The third-order valence-electron chi connectivity index (χ3n) is 2.56. The van der Waals surface area contributed by atoms with E-state index < -0.39 is 0 Å². The van der Waals surface area contributed by atoms with Crippen LogP contribution in [0.1, 0.15) is 30.9 Å². The molecule has 1 atom stereocenters. The van der Waals surface area contributed by atoms with Crippen molar-refractivity contribution in [3.05, 3.63) is 35.6 Å². The van der Waals surface area contributed by atoms with Gasteiger partial charge in [-0.15, -0.1) is 0 Å². The van der Waals surface area contributed by atoms with Crippen molar-refractivity contribution < 1.29 is 4.39 Å². The van der Waals surface area contributed by atoms with Gasteiger partial charge in [0.1, 0.15) is 5.82 Å². The molecule has 0 aromatic heterocycles. The molecule has 1 fully saturated rings. The molecular weight excluding hydrogens is 165 g/mol. The van der Waals surface area contributed by atoms with Crippen molar-refractivity contribution in [2.45, 2.75) is 25.3 Å². The molecule has 0 amide bonds. The zero-order chi connectivity index (χ0) is 9.10. The van der Waals surface area contributed by atoms with Crippen LogP contribution in [0.3, 0.4) is 0 Å². The Morgan fingerprint density at radius 2 is 2.23 bits per heavy atom. The van der Waals surface area contributed by atoms with Gasteiger partial charge in [-0.2, -0.15) is 0 Å². The summed E-state index contributed by atoms with van der Waals surface area (Å²) in [5, 5.41) is 3.40. The van der Waals surface area contributed by atoms with Gasteiger partial charge in [0.2, 0.25) is 0 Å². The first kappa shape index (κ1) is 8.70. The predicted molar refractivity (Wildman–Crippen MR) is 51.0 cm³/mol. The van der Waals surface area contributed by atoms with E-state index in [0.29, 0.717) is 6.04 Å². The molecule has 1 N–H and O–H groups in total. The molecule has 1 aliphatic heterocycles. The molecule has 0 aliphatic carbocycles. The molecule has 70 valence electrons. The standard InChI is InChI=1S/C11H14FN/c12-10-5-3-4-9(8-10)11-6-1-2-7-13-11/h3-5,8,11,13H,1-2,6-7H2/t11-/m0/s1. The Morgan fingerprint density at radius 3 is 2.92 bits per heavy atom. The van der Waals surface area contributed by atoms with Crippen LogP contribution in [-0.2, 0) is 0 Å². The highest BCUT2D eigenvalue weighted by Gasteiger charge is 2.14. The van der Waals surface area contributed by atoms with Gasteiger partial charge in [-0.25, -0.2) is 4.39 Å². The van der Waals surface area contributed by atoms with Gasteiger partial charge >= 0.3 is 0 Å². The highest BCUT2D eigenvalue weighted by molar-refractivity contribution is 5.20. The fraction of sp³-hybridized carbons (Fsp3) is 0.455. The molecule has 2 rings (SSSR count). The van der Waals surface area contributed by atoms with Crippen molar-refractivity contribution >= 4 is 0 Å². The summed E-state index contributed by atoms with van der Waals surface area (Å²) < 4.78 is 12.9. The van der Waals surface area contributed by atoms with Crippen molar-refractivity contribution in [3.8, 4) is 0 Å². The van der Waals surface area contributed by atoms with E-state index in [1.807, 2.05) is 6.07 Å². The topological polar surface area (TPSA) is 12.0 Å². The van der Waals surface area contributed by atoms with Crippen LogP contribution < -0.4 is 5.32 Å². The lowest BCUT2D eigenvalue weighted by Crippen LogP contribution is -2.26. The Balaban J connectivity index is 2.14. The number of rotatable bonds is 1. The first-order chi connectivity index (χ1) is 6.36. The number of benzene rings is 1. The monoisotopic (exact) mass is 179 g/mol. The second kappa shape index (κ2) is 3.88. The number of halogens is 1. The van der Waals surface area contributed by atoms with Crippen molar-refractivity contribution in [1.29, 1.82) is 0 Å². The van der Waals surface area contributed by atoms with Crippen LogP contribution >= 0.6 is 0 Å². The molecule has 0 unspecified atom stereocenters. The Labute approximate surface area is 78.0 Å². The van der Waals surface area contributed by atoms with E-state index in [1.54, 1.807) is 12.1 Å². The summed E-state index contributed by atoms with van der Waals surface area (Å²) in [7, 11) is 0. The SMILES string of the molecule is Fc1cccc([C@@H]2CCCCN2)c1. The molecule has 1 aromatic rings. The molecule has 0 bridgehead atoms. The Bertz CT molecular complexity index is 279. The molecule has 2 heteroatoms. The predicted octanol–water partition coefficient (Wildman–Crippen LogP) is 2.64. The van der Waals surface area contributed by atoms with Crippen LogP contribution in [0.5, 0.6) is 0 Å². The van der Waals surface area contributed by atoms with Crippen LogP contribution in [0.25, 0.3) is 0 Å². The third kappa shape index (κ3) is 2.07. The summed E-state index contributed by atoms with van der Waals surface area (Å²) in [6.07, 6.45) is 3.61. The molecule has 1 aliphatic rings. The van der Waals surface area contributed by atoms with Crippen LogP contribution in [0, 0.1) is 5.82 Å². The Morgan fingerprint density at radius 1 is 1.31 bits per heavy atom. The van der Waals surface area contributed by atoms with Gasteiger partial charge in [0.05, 0.1) is 0 Å². The van der Waals surface area contributed by atoms with Crippen LogP contribution in [-0.4, -0.2) is 6.54 Å². The van der Waals surface area contributed by atoms with Crippen LogP contribution in [0.2, 0.25) is 0 Å². The first-order valence-corrected chi connectivity index (χ1v) is 4.85. The molecule has 0 spiro atoms. The summed E-state index contributed by atoms with van der Waals surface area (Å²) >= 11 is 0. The minimum Gasteiger partial charge on any atom is -0.310 e. The van der Waals surface area contributed by atoms with Gasteiger partial charge in [-0.1, -0.05) is 18.6 Å². The normalized spacial score (nSPS) is 23.0. The minimum atomic E-state index is -0.134. The maximum absolute atomic E-state index is 12.9. The van der Waals surface area contributed by atoms with E-state index >= 15 is 0 Å². The van der Waals surface area contributed by atoms with Crippen LogP contribution in [0.15, 0.2) is 24.3 Å². The van der Waals surface area contributed by atoms with E-state index in [0.717, 1.165) is 18.5 Å². The lowest BCUT2D eigenvalue weighted by Gasteiger charge is -2.23. The van der Waals surface area contributed by atoms with Crippen molar-refractivity contribution in [3.63, 3.8) is 0 Å². The lowest BCUT2D eigenvalue weighted by atomic mass is 9.98. The van der Waals surface area contributed by atoms with Gasteiger partial charge in [0.15, 0.2) is 0 Å². The zero-order valence-electron chi connectivity index (χ0n) is 7.59. The molecule has 0 radical (unpaired) electrons. The second-order valence-corrected chi connectivity index (χ2v) is 3.56. The van der Waals surface area contributed by atoms with Gasteiger partial charge in [0.25, 0.3) is 0 Å². The maximum Gasteiger partial charge on any atom is 0.123 e. The Kier molecular flexibility index (Phi) is 2.60. The van der Waals surface area contributed by atoms with E-state index in [1.165, 1.54) is 18.9 Å². The zero-order valence-corrected chi connectivity index (χ0v) is 7.59. The fourth-order valence-electron chi connectivity index (χ4n) is 1.86. The van der Waals surface area contributed by atoms with E-state index in [2.05, 4.69) is 5.32 Å². The molecule has 1 aromatic carbocycles. The maximum atomic E-state index is 12.9. The van der Waals surface area contributed by atoms with Gasteiger partial charge in [-0.05, 0) is 37.1 Å². The smallest absolute Gasteiger partial charge is 0.123 e. The summed E-state index contributed by atoms with van der Waals surface area (Å²) in [6, 6.07) is 7.26.